The smallest absolute Gasteiger partial charge is 0.0627 e. The predicted molar refractivity (Wildman–Crippen MR) is 56.3 cm³/mol. The quantitative estimate of drug-likeness (QED) is 0.810. The summed E-state index contributed by atoms with van der Waals surface area (Å²) in [5, 5.41) is 0.779. The fraction of sp³-hybridized carbons (Fsp3) is 0.545. The Kier molecular flexibility index (Phi) is 1.55. The van der Waals surface area contributed by atoms with Crippen LogP contribution in [0.3, 0.4) is 0 Å². The SMILES string of the molecule is NC1(C2(c3ccncc3Cl)CC2)CC1. The maximum Gasteiger partial charge on any atom is 0.0627 e. The first-order valence-electron chi connectivity index (χ1n) is 5.07. The highest BCUT2D eigenvalue weighted by atomic mass is 35.5. The van der Waals surface area contributed by atoms with Crippen molar-refractivity contribution in [3.05, 3.63) is 29.0 Å². The molecule has 1 aromatic heterocycles. The molecule has 0 aromatic carbocycles. The van der Waals surface area contributed by atoms with Crippen molar-refractivity contribution >= 4 is 11.6 Å². The van der Waals surface area contributed by atoms with Crippen LogP contribution < -0.4 is 5.73 Å². The lowest BCUT2D eigenvalue weighted by Gasteiger charge is -2.23. The molecule has 2 aliphatic carbocycles. The molecule has 0 atom stereocenters. The Bertz CT molecular complexity index is 381. The van der Waals surface area contributed by atoms with E-state index in [2.05, 4.69) is 4.98 Å². The summed E-state index contributed by atoms with van der Waals surface area (Å²) in [4.78, 5) is 4.02. The fourth-order valence-electron chi connectivity index (χ4n) is 2.54. The van der Waals surface area contributed by atoms with Crippen LogP contribution in [0.4, 0.5) is 0 Å². The highest BCUT2D eigenvalue weighted by molar-refractivity contribution is 6.31. The third-order valence-corrected chi connectivity index (χ3v) is 4.08. The molecule has 0 saturated heterocycles. The number of pyridine rings is 1. The van der Waals surface area contributed by atoms with Crippen molar-refractivity contribution in [2.75, 3.05) is 0 Å². The highest BCUT2D eigenvalue weighted by Crippen LogP contribution is 2.64. The first-order chi connectivity index (χ1) is 6.68. The van der Waals surface area contributed by atoms with Gasteiger partial charge in [-0.25, -0.2) is 0 Å². The summed E-state index contributed by atoms with van der Waals surface area (Å²) in [6.07, 6.45) is 8.20. The molecule has 2 nitrogen and oxygen atoms in total. The van der Waals surface area contributed by atoms with Gasteiger partial charge in [0.05, 0.1) is 5.02 Å². The Morgan fingerprint density at radius 3 is 2.50 bits per heavy atom. The van der Waals surface area contributed by atoms with Crippen LogP contribution in [0.25, 0.3) is 0 Å². The maximum atomic E-state index is 6.31. The predicted octanol–water partition coefficient (Wildman–Crippen LogP) is 2.26. The van der Waals surface area contributed by atoms with Gasteiger partial charge in [0.2, 0.25) is 0 Å². The second-order valence-corrected chi connectivity index (χ2v) is 5.00. The van der Waals surface area contributed by atoms with E-state index in [-0.39, 0.29) is 11.0 Å². The third-order valence-electron chi connectivity index (χ3n) is 3.78. The number of halogens is 1. The van der Waals surface area contributed by atoms with Gasteiger partial charge in [0, 0.05) is 23.3 Å². The average Bonchev–Trinajstić information content (AvgIpc) is 3.01. The average molecular weight is 209 g/mol. The largest absolute Gasteiger partial charge is 0.324 e. The van der Waals surface area contributed by atoms with Gasteiger partial charge in [-0.1, -0.05) is 11.6 Å². The van der Waals surface area contributed by atoms with Crippen LogP contribution in [0.2, 0.25) is 5.02 Å². The molecule has 0 amide bonds. The molecule has 0 radical (unpaired) electrons. The van der Waals surface area contributed by atoms with E-state index in [1.165, 1.54) is 18.4 Å². The monoisotopic (exact) mass is 208 g/mol. The highest BCUT2D eigenvalue weighted by Gasteiger charge is 2.64. The van der Waals surface area contributed by atoms with E-state index in [9.17, 15) is 0 Å². The van der Waals surface area contributed by atoms with Crippen molar-refractivity contribution in [2.24, 2.45) is 5.73 Å². The second kappa shape index (κ2) is 2.50. The third kappa shape index (κ3) is 0.984. The number of rotatable bonds is 2. The minimum atomic E-state index is 0.0397. The van der Waals surface area contributed by atoms with E-state index in [0.717, 1.165) is 17.9 Å². The minimum absolute atomic E-state index is 0.0397. The van der Waals surface area contributed by atoms with E-state index >= 15 is 0 Å². The summed E-state index contributed by atoms with van der Waals surface area (Å²) in [7, 11) is 0. The lowest BCUT2D eigenvalue weighted by Crippen LogP contribution is -2.37. The lowest BCUT2D eigenvalue weighted by atomic mass is 9.87. The lowest BCUT2D eigenvalue weighted by molar-refractivity contribution is 0.503. The Morgan fingerprint density at radius 2 is 2.00 bits per heavy atom. The molecule has 14 heavy (non-hydrogen) atoms. The van der Waals surface area contributed by atoms with Crippen LogP contribution in [0.15, 0.2) is 18.5 Å². The zero-order valence-corrected chi connectivity index (χ0v) is 8.72. The van der Waals surface area contributed by atoms with Crippen molar-refractivity contribution < 1.29 is 0 Å². The van der Waals surface area contributed by atoms with Gasteiger partial charge in [0.1, 0.15) is 0 Å². The zero-order chi connectivity index (χ0) is 9.81. The summed E-state index contributed by atoms with van der Waals surface area (Å²) in [5.41, 5.74) is 7.75. The van der Waals surface area contributed by atoms with E-state index in [1.807, 2.05) is 12.3 Å². The van der Waals surface area contributed by atoms with Gasteiger partial charge in [0.25, 0.3) is 0 Å². The molecule has 0 aliphatic heterocycles. The van der Waals surface area contributed by atoms with E-state index in [1.54, 1.807) is 6.20 Å². The number of hydrogen-bond donors (Lipinski definition) is 1. The fourth-order valence-corrected chi connectivity index (χ4v) is 2.84. The van der Waals surface area contributed by atoms with Crippen molar-refractivity contribution in [1.29, 1.82) is 0 Å². The van der Waals surface area contributed by atoms with Gasteiger partial charge in [-0.15, -0.1) is 0 Å². The van der Waals surface area contributed by atoms with Gasteiger partial charge in [0.15, 0.2) is 0 Å². The van der Waals surface area contributed by atoms with Crippen molar-refractivity contribution in [1.82, 2.24) is 4.98 Å². The van der Waals surface area contributed by atoms with Crippen LogP contribution in [0, 0.1) is 0 Å². The minimum Gasteiger partial charge on any atom is -0.324 e. The summed E-state index contributed by atoms with van der Waals surface area (Å²) in [5.74, 6) is 0. The Hall–Kier alpha value is -0.600. The first-order valence-corrected chi connectivity index (χ1v) is 5.45. The molecule has 0 spiro atoms. The van der Waals surface area contributed by atoms with Crippen LogP contribution in [-0.4, -0.2) is 10.5 Å². The molecule has 2 aliphatic rings. The van der Waals surface area contributed by atoms with Crippen molar-refractivity contribution in [3.63, 3.8) is 0 Å². The summed E-state index contributed by atoms with van der Waals surface area (Å²) in [6.45, 7) is 0. The molecular formula is C11H13ClN2. The molecule has 0 bridgehead atoms. The maximum absolute atomic E-state index is 6.31. The second-order valence-electron chi connectivity index (χ2n) is 4.59. The standard InChI is InChI=1S/C11H13ClN2/c12-9-7-14-6-1-8(9)10(2-3-10)11(13)4-5-11/h1,6-7H,2-5,13H2. The molecule has 74 valence electrons. The molecule has 3 rings (SSSR count). The van der Waals surface area contributed by atoms with E-state index in [0.29, 0.717) is 0 Å². The van der Waals surface area contributed by atoms with Crippen LogP contribution in [0.5, 0.6) is 0 Å². The number of hydrogen-bond acceptors (Lipinski definition) is 2. The molecule has 3 heteroatoms. The van der Waals surface area contributed by atoms with E-state index in [4.69, 9.17) is 17.3 Å². The van der Waals surface area contributed by atoms with Gasteiger partial charge in [-0.05, 0) is 37.3 Å². The molecular weight excluding hydrogens is 196 g/mol. The normalized spacial score (nSPS) is 25.9. The van der Waals surface area contributed by atoms with Crippen molar-refractivity contribution in [3.8, 4) is 0 Å². The van der Waals surface area contributed by atoms with Gasteiger partial charge >= 0.3 is 0 Å². The summed E-state index contributed by atoms with van der Waals surface area (Å²) >= 11 is 6.16. The Balaban J connectivity index is 2.07. The van der Waals surface area contributed by atoms with Gasteiger partial charge in [-0.3, -0.25) is 4.98 Å². The van der Waals surface area contributed by atoms with Crippen molar-refractivity contribution in [2.45, 2.75) is 36.6 Å². The molecule has 2 fully saturated rings. The number of nitrogens with two attached hydrogens (primary N) is 1. The summed E-state index contributed by atoms with van der Waals surface area (Å²) in [6, 6.07) is 2.03. The topological polar surface area (TPSA) is 38.9 Å². The Labute approximate surface area is 88.5 Å². The van der Waals surface area contributed by atoms with Crippen LogP contribution in [-0.2, 0) is 5.41 Å². The molecule has 1 aromatic rings. The van der Waals surface area contributed by atoms with Gasteiger partial charge in [-0.2, -0.15) is 0 Å². The van der Waals surface area contributed by atoms with E-state index < -0.39 is 0 Å². The van der Waals surface area contributed by atoms with Gasteiger partial charge < -0.3 is 5.73 Å². The first kappa shape index (κ1) is 8.69. The van der Waals surface area contributed by atoms with Crippen LogP contribution in [0.1, 0.15) is 31.2 Å². The zero-order valence-electron chi connectivity index (χ0n) is 7.96. The molecule has 0 unspecified atom stereocenters. The van der Waals surface area contributed by atoms with Crippen LogP contribution >= 0.6 is 11.6 Å². The molecule has 1 heterocycles. The number of nitrogens with zero attached hydrogens (tertiary/aromatic N) is 1. The molecule has 2 saturated carbocycles. The number of aromatic nitrogens is 1. The Morgan fingerprint density at radius 1 is 1.29 bits per heavy atom. The molecule has 2 N–H and O–H groups in total. The summed E-state index contributed by atoms with van der Waals surface area (Å²) < 4.78 is 0.